The van der Waals surface area contributed by atoms with Crippen LogP contribution in [0.15, 0.2) is 12.1 Å². The molecule has 3 heterocycles. The quantitative estimate of drug-likeness (QED) is 0.678. The summed E-state index contributed by atoms with van der Waals surface area (Å²) in [5.74, 6) is 0.513. The molecule has 150 valence electrons. The molecule has 2 aliphatic rings. The molecule has 2 saturated heterocycles. The predicted molar refractivity (Wildman–Crippen MR) is 102 cm³/mol. The maximum absolute atomic E-state index is 12.7. The first-order valence-electron chi connectivity index (χ1n) is 9.37. The van der Waals surface area contributed by atoms with Crippen LogP contribution in [-0.4, -0.2) is 97.8 Å². The Morgan fingerprint density at radius 1 is 1.33 bits per heavy atom. The SMILES string of the molecule is CCN(C(=O)c1ccc(NCCN2CCOCC2)nn1)C1CCS(=O)(=O)C1. The molecule has 0 saturated carbocycles. The molecule has 1 unspecified atom stereocenters. The minimum absolute atomic E-state index is 0.0290. The molecular formula is C17H27N5O4S. The summed E-state index contributed by atoms with van der Waals surface area (Å²) in [6.45, 7) is 7.33. The molecule has 0 spiro atoms. The van der Waals surface area contributed by atoms with E-state index in [0.29, 0.717) is 18.8 Å². The Hall–Kier alpha value is -1.78. The van der Waals surface area contributed by atoms with Crippen molar-refractivity contribution in [2.45, 2.75) is 19.4 Å². The number of amides is 1. The molecule has 0 aromatic carbocycles. The fourth-order valence-corrected chi connectivity index (χ4v) is 5.17. The van der Waals surface area contributed by atoms with Crippen molar-refractivity contribution in [2.75, 3.05) is 62.8 Å². The van der Waals surface area contributed by atoms with E-state index in [-0.39, 0.29) is 29.1 Å². The molecule has 27 heavy (non-hydrogen) atoms. The average molecular weight is 398 g/mol. The number of anilines is 1. The fourth-order valence-electron chi connectivity index (χ4n) is 3.44. The van der Waals surface area contributed by atoms with Gasteiger partial charge in [-0.2, -0.15) is 0 Å². The van der Waals surface area contributed by atoms with Gasteiger partial charge in [-0.15, -0.1) is 10.2 Å². The van der Waals surface area contributed by atoms with Gasteiger partial charge in [-0.25, -0.2) is 8.42 Å². The average Bonchev–Trinajstić information content (AvgIpc) is 3.03. The number of rotatable bonds is 7. The van der Waals surface area contributed by atoms with Crippen molar-refractivity contribution in [3.05, 3.63) is 17.8 Å². The number of ether oxygens (including phenoxy) is 1. The van der Waals surface area contributed by atoms with E-state index in [1.807, 2.05) is 6.92 Å². The minimum atomic E-state index is -3.04. The number of carbonyl (C=O) groups excluding carboxylic acids is 1. The molecule has 10 heteroatoms. The molecule has 1 aromatic rings. The van der Waals surface area contributed by atoms with Crippen molar-refractivity contribution in [3.8, 4) is 0 Å². The monoisotopic (exact) mass is 397 g/mol. The summed E-state index contributed by atoms with van der Waals surface area (Å²) in [6, 6.07) is 3.10. The zero-order chi connectivity index (χ0) is 19.3. The second-order valence-corrected chi connectivity index (χ2v) is 9.06. The molecule has 3 rings (SSSR count). The second-order valence-electron chi connectivity index (χ2n) is 6.83. The van der Waals surface area contributed by atoms with Crippen molar-refractivity contribution in [1.82, 2.24) is 20.0 Å². The Bertz CT molecular complexity index is 734. The third-order valence-electron chi connectivity index (χ3n) is 4.97. The van der Waals surface area contributed by atoms with Crippen LogP contribution in [0.5, 0.6) is 0 Å². The number of morpholine rings is 1. The lowest BCUT2D eigenvalue weighted by atomic mass is 10.2. The molecule has 1 aromatic heterocycles. The van der Waals surface area contributed by atoms with Crippen molar-refractivity contribution >= 4 is 21.6 Å². The molecule has 0 radical (unpaired) electrons. The third-order valence-corrected chi connectivity index (χ3v) is 6.72. The van der Waals surface area contributed by atoms with Crippen LogP contribution < -0.4 is 5.32 Å². The molecule has 1 amide bonds. The van der Waals surface area contributed by atoms with E-state index in [1.54, 1.807) is 17.0 Å². The molecule has 9 nitrogen and oxygen atoms in total. The van der Waals surface area contributed by atoms with Gasteiger partial charge < -0.3 is 15.0 Å². The van der Waals surface area contributed by atoms with Gasteiger partial charge >= 0.3 is 0 Å². The maximum atomic E-state index is 12.7. The lowest BCUT2D eigenvalue weighted by Gasteiger charge is -2.26. The zero-order valence-electron chi connectivity index (χ0n) is 15.6. The van der Waals surface area contributed by atoms with E-state index in [9.17, 15) is 13.2 Å². The van der Waals surface area contributed by atoms with Crippen LogP contribution in [0.25, 0.3) is 0 Å². The highest BCUT2D eigenvalue weighted by molar-refractivity contribution is 7.91. The summed E-state index contributed by atoms with van der Waals surface area (Å²) >= 11 is 0. The van der Waals surface area contributed by atoms with Crippen LogP contribution in [0.2, 0.25) is 0 Å². The van der Waals surface area contributed by atoms with Gasteiger partial charge in [0.05, 0.1) is 24.7 Å². The standard InChI is InChI=1S/C17H27N5O4S/c1-2-22(14-5-12-27(24,25)13-14)17(23)15-3-4-16(20-19-15)18-6-7-21-8-10-26-11-9-21/h3-4,14H,2,5-13H2,1H3,(H,18,20). The number of hydrogen-bond donors (Lipinski definition) is 1. The number of nitrogens with zero attached hydrogens (tertiary/aromatic N) is 4. The van der Waals surface area contributed by atoms with E-state index >= 15 is 0 Å². The number of nitrogens with one attached hydrogen (secondary N) is 1. The largest absolute Gasteiger partial charge is 0.379 e. The van der Waals surface area contributed by atoms with Gasteiger partial charge in [0, 0.05) is 38.8 Å². The molecule has 1 N–H and O–H groups in total. The van der Waals surface area contributed by atoms with E-state index in [0.717, 1.165) is 39.4 Å². The molecule has 0 aliphatic carbocycles. The smallest absolute Gasteiger partial charge is 0.274 e. The van der Waals surface area contributed by atoms with Crippen LogP contribution in [0, 0.1) is 0 Å². The molecule has 0 bridgehead atoms. The fraction of sp³-hybridized carbons (Fsp3) is 0.706. The summed E-state index contributed by atoms with van der Waals surface area (Å²) in [5.41, 5.74) is 0.236. The van der Waals surface area contributed by atoms with E-state index < -0.39 is 9.84 Å². The van der Waals surface area contributed by atoms with E-state index in [2.05, 4.69) is 20.4 Å². The summed E-state index contributed by atoms with van der Waals surface area (Å²) < 4.78 is 28.7. The first kappa shape index (κ1) is 20.0. The van der Waals surface area contributed by atoms with Crippen LogP contribution in [0.1, 0.15) is 23.8 Å². The lowest BCUT2D eigenvalue weighted by Crippen LogP contribution is -2.41. The van der Waals surface area contributed by atoms with E-state index in [4.69, 9.17) is 4.74 Å². The number of aromatic nitrogens is 2. The third kappa shape index (κ3) is 5.36. The van der Waals surface area contributed by atoms with Crippen molar-refractivity contribution in [1.29, 1.82) is 0 Å². The van der Waals surface area contributed by atoms with Gasteiger partial charge in [0.1, 0.15) is 5.82 Å². The molecular weight excluding hydrogens is 370 g/mol. The highest BCUT2D eigenvalue weighted by atomic mass is 32.2. The number of sulfone groups is 1. The highest BCUT2D eigenvalue weighted by Crippen LogP contribution is 2.19. The Morgan fingerprint density at radius 2 is 2.11 bits per heavy atom. The normalized spacial score (nSPS) is 22.5. The van der Waals surface area contributed by atoms with Gasteiger partial charge in [0.25, 0.3) is 5.91 Å². The van der Waals surface area contributed by atoms with Crippen LogP contribution >= 0.6 is 0 Å². The van der Waals surface area contributed by atoms with Gasteiger partial charge in [-0.05, 0) is 25.5 Å². The molecule has 2 fully saturated rings. The maximum Gasteiger partial charge on any atom is 0.274 e. The number of hydrogen-bond acceptors (Lipinski definition) is 8. The molecule has 2 aliphatic heterocycles. The van der Waals surface area contributed by atoms with Crippen molar-refractivity contribution in [3.63, 3.8) is 0 Å². The van der Waals surface area contributed by atoms with Gasteiger partial charge in [-0.1, -0.05) is 0 Å². The predicted octanol–water partition coefficient (Wildman–Crippen LogP) is -0.130. The number of carbonyl (C=O) groups is 1. The van der Waals surface area contributed by atoms with Crippen LogP contribution in [-0.2, 0) is 14.6 Å². The van der Waals surface area contributed by atoms with Crippen molar-refractivity contribution in [2.24, 2.45) is 0 Å². The Balaban J connectivity index is 1.53. The summed E-state index contributed by atoms with van der Waals surface area (Å²) in [7, 11) is -3.04. The van der Waals surface area contributed by atoms with Crippen LogP contribution in [0.3, 0.4) is 0 Å². The zero-order valence-corrected chi connectivity index (χ0v) is 16.4. The van der Waals surface area contributed by atoms with E-state index in [1.165, 1.54) is 0 Å². The second kappa shape index (κ2) is 8.94. The minimum Gasteiger partial charge on any atom is -0.379 e. The Morgan fingerprint density at radius 3 is 2.70 bits per heavy atom. The Labute approximate surface area is 160 Å². The van der Waals surface area contributed by atoms with Crippen molar-refractivity contribution < 1.29 is 17.9 Å². The lowest BCUT2D eigenvalue weighted by molar-refractivity contribution is 0.0398. The summed E-state index contributed by atoms with van der Waals surface area (Å²) in [5, 5.41) is 11.3. The van der Waals surface area contributed by atoms with Crippen LogP contribution in [0.4, 0.5) is 5.82 Å². The first-order chi connectivity index (χ1) is 13.0. The summed E-state index contributed by atoms with van der Waals surface area (Å²) in [6.07, 6.45) is 0.483. The summed E-state index contributed by atoms with van der Waals surface area (Å²) in [4.78, 5) is 16.6. The van der Waals surface area contributed by atoms with Gasteiger partial charge in [0.2, 0.25) is 0 Å². The Kier molecular flexibility index (Phi) is 6.61. The van der Waals surface area contributed by atoms with Gasteiger partial charge in [-0.3, -0.25) is 9.69 Å². The highest BCUT2D eigenvalue weighted by Gasteiger charge is 2.34. The molecule has 1 atom stereocenters. The van der Waals surface area contributed by atoms with Gasteiger partial charge in [0.15, 0.2) is 15.5 Å². The topological polar surface area (TPSA) is 105 Å². The first-order valence-corrected chi connectivity index (χ1v) is 11.2.